The zero-order chi connectivity index (χ0) is 14.0. The average molecular weight is 279 g/mol. The summed E-state index contributed by atoms with van der Waals surface area (Å²) >= 11 is 0. The summed E-state index contributed by atoms with van der Waals surface area (Å²) in [4.78, 5) is 0. The van der Waals surface area contributed by atoms with E-state index in [4.69, 9.17) is 14.2 Å². The largest absolute Gasteiger partial charge is 0.454 e. The quantitative estimate of drug-likeness (QED) is 0.791. The molecule has 1 aliphatic heterocycles. The van der Waals surface area contributed by atoms with Crippen LogP contribution < -0.4 is 14.8 Å². The molecule has 3 rings (SSSR count). The first-order valence-corrected chi connectivity index (χ1v) is 7.04. The number of aliphatic hydroxyl groups is 1. The van der Waals surface area contributed by atoms with Gasteiger partial charge in [-0.3, -0.25) is 0 Å². The molecule has 1 saturated carbocycles. The van der Waals surface area contributed by atoms with E-state index in [0.29, 0.717) is 25.8 Å². The van der Waals surface area contributed by atoms with Gasteiger partial charge in [0.05, 0.1) is 18.8 Å². The zero-order valence-electron chi connectivity index (χ0n) is 11.7. The van der Waals surface area contributed by atoms with Crippen LogP contribution in [0.3, 0.4) is 0 Å². The lowest BCUT2D eigenvalue weighted by Crippen LogP contribution is -2.42. The van der Waals surface area contributed by atoms with Gasteiger partial charge in [-0.1, -0.05) is 6.07 Å². The third kappa shape index (κ3) is 3.62. The maximum Gasteiger partial charge on any atom is 0.231 e. The number of benzene rings is 1. The molecule has 1 unspecified atom stereocenters. The van der Waals surface area contributed by atoms with Crippen molar-refractivity contribution in [1.29, 1.82) is 0 Å². The van der Waals surface area contributed by atoms with Gasteiger partial charge in [0.2, 0.25) is 6.79 Å². The van der Waals surface area contributed by atoms with E-state index in [-0.39, 0.29) is 6.79 Å². The molecule has 1 aromatic carbocycles. The van der Waals surface area contributed by atoms with Crippen LogP contribution >= 0.6 is 0 Å². The highest BCUT2D eigenvalue weighted by Gasteiger charge is 2.26. The number of nitrogens with one attached hydrogen (secondary N) is 1. The molecule has 1 atom stereocenters. The molecule has 20 heavy (non-hydrogen) atoms. The van der Waals surface area contributed by atoms with E-state index in [9.17, 15) is 5.11 Å². The van der Waals surface area contributed by atoms with Gasteiger partial charge in [-0.15, -0.1) is 0 Å². The number of hydrogen-bond acceptors (Lipinski definition) is 5. The number of rotatable bonds is 7. The van der Waals surface area contributed by atoms with Crippen molar-refractivity contribution in [1.82, 2.24) is 5.32 Å². The van der Waals surface area contributed by atoms with Crippen molar-refractivity contribution >= 4 is 0 Å². The van der Waals surface area contributed by atoms with Crippen molar-refractivity contribution in [3.63, 3.8) is 0 Å². The Morgan fingerprint density at radius 1 is 1.35 bits per heavy atom. The highest BCUT2D eigenvalue weighted by molar-refractivity contribution is 5.44. The Bertz CT molecular complexity index is 471. The summed E-state index contributed by atoms with van der Waals surface area (Å²) in [5.41, 5.74) is 0.180. The van der Waals surface area contributed by atoms with Crippen molar-refractivity contribution in [2.24, 2.45) is 0 Å². The van der Waals surface area contributed by atoms with Crippen molar-refractivity contribution in [2.75, 3.05) is 19.9 Å². The fraction of sp³-hybridized carbons (Fsp3) is 0.600. The molecule has 0 amide bonds. The lowest BCUT2D eigenvalue weighted by Gasteiger charge is -2.23. The van der Waals surface area contributed by atoms with E-state index in [1.807, 2.05) is 18.2 Å². The van der Waals surface area contributed by atoms with Crippen LogP contribution in [-0.4, -0.2) is 36.7 Å². The Kier molecular flexibility index (Phi) is 3.83. The SMILES string of the molecule is CC(O)(CNC1CC1)COCc1ccc2c(c1)OCO2. The van der Waals surface area contributed by atoms with Gasteiger partial charge in [0.25, 0.3) is 0 Å². The Labute approximate surface area is 118 Å². The van der Waals surface area contributed by atoms with Crippen LogP contribution in [0.2, 0.25) is 0 Å². The fourth-order valence-electron chi connectivity index (χ4n) is 2.12. The van der Waals surface area contributed by atoms with Crippen molar-refractivity contribution < 1.29 is 19.3 Å². The molecule has 5 nitrogen and oxygen atoms in total. The fourth-order valence-corrected chi connectivity index (χ4v) is 2.12. The minimum absolute atomic E-state index is 0.279. The molecule has 0 spiro atoms. The normalized spacial score (nSPS) is 19.9. The molecule has 2 N–H and O–H groups in total. The molecule has 0 radical (unpaired) electrons. The molecule has 1 aromatic rings. The van der Waals surface area contributed by atoms with Gasteiger partial charge < -0.3 is 24.6 Å². The molecule has 5 heteroatoms. The summed E-state index contributed by atoms with van der Waals surface area (Å²) in [5.74, 6) is 1.53. The molecule has 110 valence electrons. The first-order chi connectivity index (χ1) is 9.62. The van der Waals surface area contributed by atoms with Gasteiger partial charge in [-0.25, -0.2) is 0 Å². The minimum Gasteiger partial charge on any atom is -0.454 e. The lowest BCUT2D eigenvalue weighted by atomic mass is 10.1. The minimum atomic E-state index is -0.834. The number of ether oxygens (including phenoxy) is 3. The maximum atomic E-state index is 10.2. The number of hydrogen-bond donors (Lipinski definition) is 2. The van der Waals surface area contributed by atoms with Crippen LogP contribution in [0.25, 0.3) is 0 Å². The average Bonchev–Trinajstić information content (AvgIpc) is 3.13. The molecular weight excluding hydrogens is 258 g/mol. The van der Waals surface area contributed by atoms with Gasteiger partial charge in [0.15, 0.2) is 11.5 Å². The van der Waals surface area contributed by atoms with Crippen molar-refractivity contribution in [3.8, 4) is 11.5 Å². The first kappa shape index (κ1) is 13.7. The van der Waals surface area contributed by atoms with E-state index in [1.165, 1.54) is 12.8 Å². The Morgan fingerprint density at radius 3 is 2.95 bits per heavy atom. The summed E-state index contributed by atoms with van der Waals surface area (Å²) in [5, 5.41) is 13.5. The predicted octanol–water partition coefficient (Wildman–Crippen LogP) is 1.43. The smallest absolute Gasteiger partial charge is 0.231 e. The molecule has 1 fully saturated rings. The highest BCUT2D eigenvalue weighted by Crippen LogP contribution is 2.32. The van der Waals surface area contributed by atoms with Crippen LogP contribution in [0.1, 0.15) is 25.3 Å². The first-order valence-electron chi connectivity index (χ1n) is 7.04. The van der Waals surface area contributed by atoms with Crippen LogP contribution in [-0.2, 0) is 11.3 Å². The molecule has 1 heterocycles. The third-order valence-corrected chi connectivity index (χ3v) is 3.47. The molecule has 0 bridgehead atoms. The summed E-state index contributed by atoms with van der Waals surface area (Å²) < 4.78 is 16.2. The second-order valence-corrected chi connectivity index (χ2v) is 5.83. The van der Waals surface area contributed by atoms with Gasteiger partial charge in [0.1, 0.15) is 0 Å². The van der Waals surface area contributed by atoms with E-state index in [2.05, 4.69) is 5.32 Å². The summed E-state index contributed by atoms with van der Waals surface area (Å²) in [6.07, 6.45) is 2.43. The molecule has 1 aliphatic carbocycles. The number of fused-ring (bicyclic) bond motifs is 1. The molecule has 2 aliphatic rings. The van der Waals surface area contributed by atoms with Crippen molar-refractivity contribution in [3.05, 3.63) is 23.8 Å². The summed E-state index contributed by atoms with van der Waals surface area (Å²) in [6, 6.07) is 6.34. The third-order valence-electron chi connectivity index (χ3n) is 3.47. The zero-order valence-corrected chi connectivity index (χ0v) is 11.7. The van der Waals surface area contributed by atoms with Gasteiger partial charge in [0, 0.05) is 12.6 Å². The topological polar surface area (TPSA) is 60.0 Å². The lowest BCUT2D eigenvalue weighted by molar-refractivity contribution is -0.0382. The van der Waals surface area contributed by atoms with Gasteiger partial charge in [-0.05, 0) is 37.5 Å². The standard InChI is InChI=1S/C15H21NO4/c1-15(17,8-16-12-3-4-12)9-18-7-11-2-5-13-14(6-11)20-10-19-13/h2,5-6,12,16-17H,3-4,7-10H2,1H3. The van der Waals surface area contributed by atoms with E-state index >= 15 is 0 Å². The molecule has 0 saturated heterocycles. The summed E-state index contributed by atoms with van der Waals surface area (Å²) in [7, 11) is 0. The predicted molar refractivity (Wildman–Crippen MR) is 73.9 cm³/mol. The maximum absolute atomic E-state index is 10.2. The summed E-state index contributed by atoms with van der Waals surface area (Å²) in [6.45, 7) is 3.40. The van der Waals surface area contributed by atoms with Gasteiger partial charge >= 0.3 is 0 Å². The van der Waals surface area contributed by atoms with Gasteiger partial charge in [-0.2, -0.15) is 0 Å². The van der Waals surface area contributed by atoms with E-state index in [0.717, 1.165) is 17.1 Å². The Hall–Kier alpha value is -1.30. The van der Waals surface area contributed by atoms with E-state index in [1.54, 1.807) is 6.92 Å². The highest BCUT2D eigenvalue weighted by atomic mass is 16.7. The van der Waals surface area contributed by atoms with Crippen LogP contribution in [0, 0.1) is 0 Å². The van der Waals surface area contributed by atoms with Crippen LogP contribution in [0.5, 0.6) is 11.5 Å². The molecular formula is C15H21NO4. The van der Waals surface area contributed by atoms with Crippen molar-refractivity contribution in [2.45, 2.75) is 38.0 Å². The second-order valence-electron chi connectivity index (χ2n) is 5.83. The molecule has 0 aromatic heterocycles. The van der Waals surface area contributed by atoms with E-state index < -0.39 is 5.60 Å². The Balaban J connectivity index is 1.44. The van der Waals surface area contributed by atoms with Crippen LogP contribution in [0.15, 0.2) is 18.2 Å². The monoisotopic (exact) mass is 279 g/mol. The second kappa shape index (κ2) is 5.60. The Morgan fingerprint density at radius 2 is 2.15 bits per heavy atom. The van der Waals surface area contributed by atoms with Crippen LogP contribution in [0.4, 0.5) is 0 Å².